The van der Waals surface area contributed by atoms with Crippen LogP contribution in [0.1, 0.15) is 25.2 Å². The molecule has 0 radical (unpaired) electrons. The Morgan fingerprint density at radius 2 is 1.03 bits per heavy atom. The molecule has 2 nitrogen and oxygen atoms in total. The Kier molecular flexibility index (Phi) is 4.49. The topological polar surface area (TPSA) is 25.8 Å². The molecule has 4 heterocycles. The van der Waals surface area contributed by atoms with E-state index in [9.17, 15) is 8.78 Å². The van der Waals surface area contributed by atoms with Gasteiger partial charge in [-0.25, -0.2) is 0 Å². The van der Waals surface area contributed by atoms with Crippen molar-refractivity contribution in [2.24, 2.45) is 0 Å². The molecule has 2 aromatic rings. The molecule has 6 rings (SSSR count). The van der Waals surface area contributed by atoms with E-state index in [4.69, 9.17) is 0 Å². The summed E-state index contributed by atoms with van der Waals surface area (Å²) in [6.45, 7) is 3.30. The molecule has 2 aromatic heterocycles. The first-order valence-corrected chi connectivity index (χ1v) is 12.3. The standard InChI is InChI=1S/C25H16F6N2S2/c1-21-13(11-17(34-21)15-7-3-5-9-32-15)19-20(24(28,29)25(30,31)23(19,26)27)14-12-18(35-22(14,21)2)16-8-4-6-10-33-16/h3-12H,1-2H3. The van der Waals surface area contributed by atoms with Crippen LogP contribution < -0.4 is 0 Å². The second-order valence-electron chi connectivity index (χ2n) is 9.02. The number of halogens is 6. The smallest absolute Gasteiger partial charge is 0.256 e. The summed E-state index contributed by atoms with van der Waals surface area (Å²) >= 11 is 2.36. The van der Waals surface area contributed by atoms with Crippen molar-refractivity contribution < 1.29 is 26.3 Å². The van der Waals surface area contributed by atoms with Crippen molar-refractivity contribution in [2.45, 2.75) is 41.1 Å². The Hall–Kier alpha value is -2.46. The molecular formula is C25H16F6N2S2. The lowest BCUT2D eigenvalue weighted by molar-refractivity contribution is -0.258. The van der Waals surface area contributed by atoms with Crippen LogP contribution in [0.4, 0.5) is 26.3 Å². The summed E-state index contributed by atoms with van der Waals surface area (Å²) in [6.07, 6.45) is 5.70. The predicted molar refractivity (Wildman–Crippen MR) is 125 cm³/mol. The first-order chi connectivity index (χ1) is 16.4. The molecular weight excluding hydrogens is 506 g/mol. The van der Waals surface area contributed by atoms with E-state index in [1.807, 2.05) is 0 Å². The van der Waals surface area contributed by atoms with Gasteiger partial charge in [0.1, 0.15) is 0 Å². The minimum absolute atomic E-state index is 0.213. The van der Waals surface area contributed by atoms with Gasteiger partial charge in [-0.05, 0) is 61.4 Å². The number of fused-ring (bicyclic) bond motifs is 4. The van der Waals surface area contributed by atoms with Crippen molar-refractivity contribution >= 4 is 33.3 Å². The lowest BCUT2D eigenvalue weighted by Crippen LogP contribution is -2.48. The Morgan fingerprint density at radius 3 is 1.37 bits per heavy atom. The second kappa shape index (κ2) is 6.85. The van der Waals surface area contributed by atoms with Gasteiger partial charge in [0, 0.05) is 33.4 Å². The summed E-state index contributed by atoms with van der Waals surface area (Å²) in [7, 11) is 0. The van der Waals surface area contributed by atoms with Crippen LogP contribution in [0.5, 0.6) is 0 Å². The van der Waals surface area contributed by atoms with Gasteiger partial charge in [0.05, 0.1) is 20.9 Å². The van der Waals surface area contributed by atoms with Crippen LogP contribution in [0.2, 0.25) is 0 Å². The fourth-order valence-corrected chi connectivity index (χ4v) is 8.26. The highest BCUT2D eigenvalue weighted by atomic mass is 32.2. The van der Waals surface area contributed by atoms with Crippen molar-refractivity contribution in [3.8, 4) is 0 Å². The molecule has 0 N–H and O–H groups in total. The van der Waals surface area contributed by atoms with Gasteiger partial charge in [-0.1, -0.05) is 12.1 Å². The third kappa shape index (κ3) is 2.62. The third-order valence-corrected chi connectivity index (χ3v) is 10.5. The minimum Gasteiger partial charge on any atom is -0.256 e. The maximum Gasteiger partial charge on any atom is 0.380 e. The van der Waals surface area contributed by atoms with Gasteiger partial charge in [-0.3, -0.25) is 9.97 Å². The van der Waals surface area contributed by atoms with E-state index in [-0.39, 0.29) is 11.1 Å². The number of aromatic nitrogens is 2. The van der Waals surface area contributed by atoms with E-state index < -0.39 is 38.4 Å². The zero-order chi connectivity index (χ0) is 25.0. The fourth-order valence-electron chi connectivity index (χ4n) is 5.18. The first kappa shape index (κ1) is 23.0. The molecule has 0 amide bonds. The molecule has 2 aliphatic carbocycles. The third-order valence-electron chi connectivity index (χ3n) is 7.16. The Bertz CT molecular complexity index is 1290. The van der Waals surface area contributed by atoms with Gasteiger partial charge in [-0.2, -0.15) is 26.3 Å². The lowest BCUT2D eigenvalue weighted by atomic mass is 9.71. The van der Waals surface area contributed by atoms with Crippen LogP contribution in [0.15, 0.2) is 83.2 Å². The van der Waals surface area contributed by atoms with Gasteiger partial charge in [0.25, 0.3) is 0 Å². The quantitative estimate of drug-likeness (QED) is 0.384. The number of thioether (sulfide) groups is 2. The average Bonchev–Trinajstić information content (AvgIpc) is 3.40. The zero-order valence-electron chi connectivity index (χ0n) is 18.3. The molecule has 0 bridgehead atoms. The van der Waals surface area contributed by atoms with Crippen molar-refractivity contribution in [1.82, 2.24) is 9.97 Å². The monoisotopic (exact) mass is 522 g/mol. The van der Waals surface area contributed by atoms with Gasteiger partial charge >= 0.3 is 17.8 Å². The minimum atomic E-state index is -5.57. The molecule has 180 valence electrons. The summed E-state index contributed by atoms with van der Waals surface area (Å²) in [4.78, 5) is 9.44. The van der Waals surface area contributed by atoms with Crippen LogP contribution in [-0.4, -0.2) is 37.2 Å². The van der Waals surface area contributed by atoms with Crippen molar-refractivity contribution in [2.75, 3.05) is 0 Å². The number of pyridine rings is 2. The summed E-state index contributed by atoms with van der Waals surface area (Å²) in [5.41, 5.74) is -2.08. The summed E-state index contributed by atoms with van der Waals surface area (Å²) < 4.78 is 88.1. The maximum atomic E-state index is 15.3. The fraction of sp³-hybridized carbons (Fsp3) is 0.280. The number of allylic oxidation sites excluding steroid dienone is 4. The largest absolute Gasteiger partial charge is 0.380 e. The van der Waals surface area contributed by atoms with E-state index in [0.717, 1.165) is 0 Å². The lowest BCUT2D eigenvalue weighted by Gasteiger charge is -2.47. The van der Waals surface area contributed by atoms with Crippen LogP contribution in [-0.2, 0) is 0 Å². The van der Waals surface area contributed by atoms with Gasteiger partial charge in [0.15, 0.2) is 0 Å². The van der Waals surface area contributed by atoms with Crippen LogP contribution >= 0.6 is 23.5 Å². The molecule has 2 aliphatic heterocycles. The van der Waals surface area contributed by atoms with Crippen molar-refractivity contribution in [3.63, 3.8) is 0 Å². The SMILES string of the molecule is CC12SC(c3ccccn3)=CC1=C1C(=C3C=C(c4ccccn4)SC32C)C(F)(F)C(F)(F)C1(F)F. The van der Waals surface area contributed by atoms with Crippen LogP contribution in [0.25, 0.3) is 9.81 Å². The number of hydrogen-bond acceptors (Lipinski definition) is 4. The van der Waals surface area contributed by atoms with E-state index in [0.29, 0.717) is 21.2 Å². The summed E-state index contributed by atoms with van der Waals surface area (Å²) in [6, 6.07) is 10.1. The molecule has 10 heteroatoms. The number of rotatable bonds is 2. The normalized spacial score (nSPS) is 31.7. The Morgan fingerprint density at radius 1 is 0.629 bits per heavy atom. The van der Waals surface area contributed by atoms with E-state index in [1.165, 1.54) is 48.1 Å². The van der Waals surface area contributed by atoms with Crippen LogP contribution in [0.3, 0.4) is 0 Å². The highest BCUT2D eigenvalue weighted by molar-refractivity contribution is 8.14. The molecule has 1 saturated carbocycles. The van der Waals surface area contributed by atoms with E-state index in [2.05, 4.69) is 9.97 Å². The molecule has 2 atom stereocenters. The molecule has 4 aliphatic rings. The number of nitrogens with zero attached hydrogens (tertiary/aromatic N) is 2. The highest BCUT2D eigenvalue weighted by Gasteiger charge is 2.84. The maximum absolute atomic E-state index is 15.3. The molecule has 0 saturated heterocycles. The highest BCUT2D eigenvalue weighted by Crippen LogP contribution is 2.75. The van der Waals surface area contributed by atoms with Gasteiger partial charge in [-0.15, -0.1) is 23.5 Å². The number of alkyl halides is 6. The van der Waals surface area contributed by atoms with E-state index >= 15 is 17.6 Å². The average molecular weight is 523 g/mol. The van der Waals surface area contributed by atoms with Gasteiger partial charge in [0.2, 0.25) is 0 Å². The van der Waals surface area contributed by atoms with Crippen molar-refractivity contribution in [1.29, 1.82) is 0 Å². The van der Waals surface area contributed by atoms with Crippen LogP contribution in [0, 0.1) is 0 Å². The Labute approximate surface area is 205 Å². The molecule has 1 fully saturated rings. The van der Waals surface area contributed by atoms with E-state index in [1.54, 1.807) is 50.2 Å². The van der Waals surface area contributed by atoms with Crippen molar-refractivity contribution in [3.05, 3.63) is 94.6 Å². The molecule has 35 heavy (non-hydrogen) atoms. The predicted octanol–water partition coefficient (Wildman–Crippen LogP) is 7.40. The first-order valence-electron chi connectivity index (χ1n) is 10.6. The summed E-state index contributed by atoms with van der Waals surface area (Å²) in [5, 5.41) is 0. The zero-order valence-corrected chi connectivity index (χ0v) is 19.9. The molecule has 2 unspecified atom stereocenters. The Balaban J connectivity index is 1.68. The number of hydrogen-bond donors (Lipinski definition) is 0. The summed E-state index contributed by atoms with van der Waals surface area (Å²) in [5.74, 6) is -15.7. The second-order valence-corrected chi connectivity index (χ2v) is 11.9. The molecule has 0 spiro atoms. The molecule has 0 aromatic carbocycles. The van der Waals surface area contributed by atoms with Gasteiger partial charge < -0.3 is 0 Å².